The zero-order chi connectivity index (χ0) is 15.9. The van der Waals surface area contributed by atoms with Crippen LogP contribution in [0.25, 0.3) is 0 Å². The van der Waals surface area contributed by atoms with Gasteiger partial charge in [-0.1, -0.05) is 11.8 Å². The lowest BCUT2D eigenvalue weighted by atomic mass is 10.3. The summed E-state index contributed by atoms with van der Waals surface area (Å²) in [5.41, 5.74) is 12.8. The van der Waals surface area contributed by atoms with Gasteiger partial charge in [0.05, 0.1) is 18.0 Å². The molecular formula is C17H23N3OS. The van der Waals surface area contributed by atoms with E-state index in [2.05, 4.69) is 31.1 Å². The molecule has 0 bridgehead atoms. The molecule has 4 N–H and O–H groups in total. The first-order valence-corrected chi connectivity index (χ1v) is 8.06. The third-order valence-corrected chi connectivity index (χ3v) is 4.13. The Balaban J connectivity index is 1.87. The monoisotopic (exact) mass is 317 g/mol. The largest absolute Gasteiger partial charge is 0.494 e. The highest BCUT2D eigenvalue weighted by Crippen LogP contribution is 2.31. The average Bonchev–Trinajstić information content (AvgIpc) is 2.49. The third kappa shape index (κ3) is 5.16. The van der Waals surface area contributed by atoms with Crippen molar-refractivity contribution < 1.29 is 4.74 Å². The molecule has 0 saturated carbocycles. The van der Waals surface area contributed by atoms with Gasteiger partial charge >= 0.3 is 0 Å². The maximum absolute atomic E-state index is 5.83. The molecule has 0 atom stereocenters. The molecule has 0 spiro atoms. The molecule has 0 amide bonds. The van der Waals surface area contributed by atoms with E-state index in [4.69, 9.17) is 16.2 Å². The van der Waals surface area contributed by atoms with Crippen LogP contribution in [0.3, 0.4) is 0 Å². The van der Waals surface area contributed by atoms with Gasteiger partial charge < -0.3 is 21.1 Å². The molecule has 0 unspecified atom stereocenters. The van der Waals surface area contributed by atoms with E-state index >= 15 is 0 Å². The van der Waals surface area contributed by atoms with Gasteiger partial charge in [0.15, 0.2) is 0 Å². The molecular weight excluding hydrogens is 294 g/mol. The van der Waals surface area contributed by atoms with Crippen LogP contribution in [0.2, 0.25) is 0 Å². The molecule has 2 aromatic rings. The molecule has 0 aliphatic heterocycles. The topological polar surface area (TPSA) is 64.5 Å². The van der Waals surface area contributed by atoms with E-state index in [1.54, 1.807) is 11.8 Å². The van der Waals surface area contributed by atoms with Crippen LogP contribution in [-0.4, -0.2) is 32.1 Å². The first-order valence-electron chi connectivity index (χ1n) is 7.25. The first kappa shape index (κ1) is 16.5. The van der Waals surface area contributed by atoms with Crippen LogP contribution >= 0.6 is 11.8 Å². The number of anilines is 2. The van der Waals surface area contributed by atoms with E-state index in [9.17, 15) is 0 Å². The van der Waals surface area contributed by atoms with E-state index in [0.29, 0.717) is 11.4 Å². The summed E-state index contributed by atoms with van der Waals surface area (Å²) < 4.78 is 5.72. The van der Waals surface area contributed by atoms with Gasteiger partial charge in [0.1, 0.15) is 5.75 Å². The molecule has 0 aliphatic carbocycles. The minimum absolute atomic E-state index is 0.617. The predicted molar refractivity (Wildman–Crippen MR) is 94.5 cm³/mol. The Kier molecular flexibility index (Phi) is 5.98. The minimum atomic E-state index is 0.617. The van der Waals surface area contributed by atoms with Crippen LogP contribution in [0.15, 0.2) is 52.3 Å². The van der Waals surface area contributed by atoms with Crippen LogP contribution in [-0.2, 0) is 0 Å². The zero-order valence-corrected chi connectivity index (χ0v) is 13.9. The van der Waals surface area contributed by atoms with Crippen molar-refractivity contribution in [2.24, 2.45) is 0 Å². The second-order valence-electron chi connectivity index (χ2n) is 5.37. The maximum atomic E-state index is 5.83. The molecule has 22 heavy (non-hydrogen) atoms. The van der Waals surface area contributed by atoms with Crippen LogP contribution in [0.5, 0.6) is 5.75 Å². The quantitative estimate of drug-likeness (QED) is 0.606. The van der Waals surface area contributed by atoms with Crippen molar-refractivity contribution >= 4 is 23.1 Å². The Labute approximate surface area is 136 Å². The van der Waals surface area contributed by atoms with Gasteiger partial charge in [0.25, 0.3) is 0 Å². The number of nitrogens with two attached hydrogens (primary N) is 2. The predicted octanol–water partition coefficient (Wildman–Crippen LogP) is 3.33. The van der Waals surface area contributed by atoms with Crippen LogP contribution < -0.4 is 16.2 Å². The Hall–Kier alpha value is -1.85. The van der Waals surface area contributed by atoms with Gasteiger partial charge in [0, 0.05) is 16.3 Å². The number of hydrogen-bond donors (Lipinski definition) is 2. The fourth-order valence-electron chi connectivity index (χ4n) is 1.93. The highest BCUT2D eigenvalue weighted by atomic mass is 32.2. The Morgan fingerprint density at radius 1 is 0.955 bits per heavy atom. The van der Waals surface area contributed by atoms with E-state index in [1.807, 2.05) is 30.3 Å². The second kappa shape index (κ2) is 7.96. The normalized spacial score (nSPS) is 10.9. The summed E-state index contributed by atoms with van der Waals surface area (Å²) in [6.45, 7) is 1.77. The molecule has 0 heterocycles. The van der Waals surface area contributed by atoms with Crippen LogP contribution in [0.1, 0.15) is 6.42 Å². The molecule has 0 aromatic heterocycles. The molecule has 0 fully saturated rings. The van der Waals surface area contributed by atoms with E-state index in [1.165, 1.54) is 0 Å². The summed E-state index contributed by atoms with van der Waals surface area (Å²) >= 11 is 1.65. The molecule has 4 nitrogen and oxygen atoms in total. The summed E-state index contributed by atoms with van der Waals surface area (Å²) in [6.07, 6.45) is 1.02. The Bertz CT molecular complexity index is 599. The second-order valence-corrected chi connectivity index (χ2v) is 6.52. The minimum Gasteiger partial charge on any atom is -0.494 e. The summed E-state index contributed by atoms with van der Waals surface area (Å²) in [5.74, 6) is 0.903. The molecule has 0 radical (unpaired) electrons. The first-order chi connectivity index (χ1) is 10.5. The maximum Gasteiger partial charge on any atom is 0.119 e. The van der Waals surface area contributed by atoms with Gasteiger partial charge in [-0.15, -0.1) is 0 Å². The number of hydrogen-bond acceptors (Lipinski definition) is 5. The molecule has 0 aliphatic rings. The van der Waals surface area contributed by atoms with Gasteiger partial charge in [-0.25, -0.2) is 0 Å². The molecule has 2 rings (SSSR count). The van der Waals surface area contributed by atoms with Crippen LogP contribution in [0.4, 0.5) is 11.4 Å². The Morgan fingerprint density at radius 3 is 2.27 bits per heavy atom. The molecule has 2 aromatic carbocycles. The van der Waals surface area contributed by atoms with Crippen molar-refractivity contribution in [1.82, 2.24) is 4.90 Å². The van der Waals surface area contributed by atoms with Crippen LogP contribution in [0, 0.1) is 0 Å². The third-order valence-electron chi connectivity index (χ3n) is 3.14. The lowest BCUT2D eigenvalue weighted by Crippen LogP contribution is -2.15. The van der Waals surface area contributed by atoms with Gasteiger partial charge in [0.2, 0.25) is 0 Å². The number of rotatable bonds is 7. The fraction of sp³-hybridized carbons (Fsp3) is 0.294. The smallest absolute Gasteiger partial charge is 0.119 e. The van der Waals surface area contributed by atoms with Crippen molar-refractivity contribution in [2.45, 2.75) is 16.2 Å². The number of benzene rings is 2. The SMILES string of the molecule is CN(C)CCCOc1ccc(Sc2ccc(N)c(N)c2)cc1. The highest BCUT2D eigenvalue weighted by Gasteiger charge is 2.01. The van der Waals surface area contributed by atoms with Gasteiger partial charge in [-0.05, 0) is 63.0 Å². The highest BCUT2D eigenvalue weighted by molar-refractivity contribution is 7.99. The Morgan fingerprint density at radius 2 is 1.64 bits per heavy atom. The lowest BCUT2D eigenvalue weighted by molar-refractivity contribution is 0.281. The lowest BCUT2D eigenvalue weighted by Gasteiger charge is -2.10. The molecule has 5 heteroatoms. The average molecular weight is 317 g/mol. The van der Waals surface area contributed by atoms with Gasteiger partial charge in [-0.2, -0.15) is 0 Å². The van der Waals surface area contributed by atoms with Crippen molar-refractivity contribution in [3.63, 3.8) is 0 Å². The fourth-order valence-corrected chi connectivity index (χ4v) is 2.79. The van der Waals surface area contributed by atoms with Crippen molar-refractivity contribution in [1.29, 1.82) is 0 Å². The molecule has 0 saturated heterocycles. The summed E-state index contributed by atoms with van der Waals surface area (Å²) in [7, 11) is 4.13. The van der Waals surface area contributed by atoms with Crippen molar-refractivity contribution in [2.75, 3.05) is 38.7 Å². The molecule has 118 valence electrons. The zero-order valence-electron chi connectivity index (χ0n) is 13.1. The standard InChI is InChI=1S/C17H23N3OS/c1-20(2)10-3-11-21-13-4-6-14(7-5-13)22-15-8-9-16(18)17(19)12-15/h4-9,12H,3,10-11,18-19H2,1-2H3. The van der Waals surface area contributed by atoms with E-state index in [0.717, 1.165) is 35.1 Å². The summed E-state index contributed by atoms with van der Waals surface area (Å²) in [5, 5.41) is 0. The summed E-state index contributed by atoms with van der Waals surface area (Å²) in [6, 6.07) is 13.8. The van der Waals surface area contributed by atoms with E-state index in [-0.39, 0.29) is 0 Å². The number of ether oxygens (including phenoxy) is 1. The van der Waals surface area contributed by atoms with Crippen molar-refractivity contribution in [3.05, 3.63) is 42.5 Å². The summed E-state index contributed by atoms with van der Waals surface area (Å²) in [4.78, 5) is 4.37. The number of nitrogen functional groups attached to an aromatic ring is 2. The number of nitrogens with zero attached hydrogens (tertiary/aromatic N) is 1. The van der Waals surface area contributed by atoms with Gasteiger partial charge in [-0.3, -0.25) is 0 Å². The van der Waals surface area contributed by atoms with Crippen molar-refractivity contribution in [3.8, 4) is 5.75 Å². The van der Waals surface area contributed by atoms with E-state index < -0.39 is 0 Å².